The summed E-state index contributed by atoms with van der Waals surface area (Å²) in [5.41, 5.74) is 5.65. The SMILES string of the molecule is COc1cc(/C=C(\C#N)C(=O)Nc2ccc(OCc3ccccc3)cc2)ccc1OCc1cc(C)cc(C)c1. The van der Waals surface area contributed by atoms with Crippen molar-refractivity contribution in [2.45, 2.75) is 27.1 Å². The number of aryl methyl sites for hydroxylation is 2. The molecule has 0 saturated carbocycles. The van der Waals surface area contributed by atoms with Gasteiger partial charge in [-0.05, 0) is 73.0 Å². The van der Waals surface area contributed by atoms with Crippen LogP contribution in [-0.2, 0) is 18.0 Å². The van der Waals surface area contributed by atoms with E-state index in [1.54, 1.807) is 49.6 Å². The summed E-state index contributed by atoms with van der Waals surface area (Å²) < 4.78 is 17.3. The maximum Gasteiger partial charge on any atom is 0.266 e. The predicted molar refractivity (Wildman–Crippen MR) is 153 cm³/mol. The van der Waals surface area contributed by atoms with Crippen LogP contribution in [0.15, 0.2) is 96.6 Å². The van der Waals surface area contributed by atoms with E-state index in [4.69, 9.17) is 14.2 Å². The fourth-order valence-corrected chi connectivity index (χ4v) is 4.10. The molecule has 0 aliphatic carbocycles. The zero-order valence-electron chi connectivity index (χ0n) is 22.2. The molecule has 0 unspecified atom stereocenters. The van der Waals surface area contributed by atoms with Gasteiger partial charge in [-0.1, -0.05) is 65.7 Å². The van der Waals surface area contributed by atoms with Crippen molar-refractivity contribution in [3.8, 4) is 23.3 Å². The molecule has 196 valence electrons. The second-order valence-corrected chi connectivity index (χ2v) is 9.12. The van der Waals surface area contributed by atoms with Crippen LogP contribution in [0.2, 0.25) is 0 Å². The monoisotopic (exact) mass is 518 g/mol. The van der Waals surface area contributed by atoms with Gasteiger partial charge in [0.2, 0.25) is 0 Å². The standard InChI is InChI=1S/C33H30N2O4/c1-23-15-24(2)17-27(16-23)22-39-31-14-9-26(19-32(31)37-3)18-28(20-34)33(36)35-29-10-12-30(13-11-29)38-21-25-7-5-4-6-8-25/h4-19H,21-22H2,1-3H3,(H,35,36)/b28-18+. The number of carbonyl (C=O) groups is 1. The highest BCUT2D eigenvalue weighted by molar-refractivity contribution is 6.09. The first-order valence-electron chi connectivity index (χ1n) is 12.5. The van der Waals surface area contributed by atoms with Crippen molar-refractivity contribution < 1.29 is 19.0 Å². The van der Waals surface area contributed by atoms with Crippen LogP contribution in [0.25, 0.3) is 6.08 Å². The number of nitriles is 1. The summed E-state index contributed by atoms with van der Waals surface area (Å²) in [5, 5.41) is 12.4. The van der Waals surface area contributed by atoms with Crippen LogP contribution in [0.4, 0.5) is 5.69 Å². The van der Waals surface area contributed by atoms with Gasteiger partial charge in [0.1, 0.15) is 30.6 Å². The first-order valence-corrected chi connectivity index (χ1v) is 12.5. The van der Waals surface area contributed by atoms with Crippen molar-refractivity contribution in [3.05, 3.63) is 124 Å². The zero-order valence-corrected chi connectivity index (χ0v) is 22.2. The van der Waals surface area contributed by atoms with Crippen LogP contribution in [0, 0.1) is 25.2 Å². The van der Waals surface area contributed by atoms with Crippen molar-refractivity contribution >= 4 is 17.7 Å². The van der Waals surface area contributed by atoms with Gasteiger partial charge in [-0.15, -0.1) is 0 Å². The Morgan fingerprint density at radius 2 is 1.51 bits per heavy atom. The van der Waals surface area contributed by atoms with Gasteiger partial charge in [-0.2, -0.15) is 5.26 Å². The molecule has 0 saturated heterocycles. The lowest BCUT2D eigenvalue weighted by molar-refractivity contribution is -0.112. The minimum absolute atomic E-state index is 0.0367. The molecule has 4 aromatic rings. The van der Waals surface area contributed by atoms with Gasteiger partial charge in [0.25, 0.3) is 5.91 Å². The Morgan fingerprint density at radius 3 is 2.18 bits per heavy atom. The second-order valence-electron chi connectivity index (χ2n) is 9.12. The van der Waals surface area contributed by atoms with E-state index in [1.807, 2.05) is 36.4 Å². The molecular weight excluding hydrogens is 488 g/mol. The molecule has 0 aliphatic rings. The molecule has 6 nitrogen and oxygen atoms in total. The number of nitrogens with one attached hydrogen (secondary N) is 1. The highest BCUT2D eigenvalue weighted by Crippen LogP contribution is 2.30. The summed E-state index contributed by atoms with van der Waals surface area (Å²) in [6, 6.07) is 30.4. The Hall–Kier alpha value is -5.02. The van der Waals surface area contributed by atoms with Crippen molar-refractivity contribution in [1.29, 1.82) is 5.26 Å². The quantitative estimate of drug-likeness (QED) is 0.180. The molecule has 0 atom stereocenters. The van der Waals surface area contributed by atoms with Crippen LogP contribution in [0.5, 0.6) is 17.2 Å². The third kappa shape index (κ3) is 7.73. The van der Waals surface area contributed by atoms with E-state index in [0.29, 0.717) is 41.7 Å². The third-order valence-electron chi connectivity index (χ3n) is 5.90. The van der Waals surface area contributed by atoms with Crippen LogP contribution < -0.4 is 19.5 Å². The van der Waals surface area contributed by atoms with Crippen molar-refractivity contribution in [1.82, 2.24) is 0 Å². The number of hydrogen-bond acceptors (Lipinski definition) is 5. The van der Waals surface area contributed by atoms with E-state index < -0.39 is 5.91 Å². The van der Waals surface area contributed by atoms with Gasteiger partial charge >= 0.3 is 0 Å². The highest BCUT2D eigenvalue weighted by Gasteiger charge is 2.12. The van der Waals surface area contributed by atoms with E-state index in [0.717, 1.165) is 11.1 Å². The lowest BCUT2D eigenvalue weighted by Gasteiger charge is -2.12. The molecule has 0 aliphatic heterocycles. The largest absolute Gasteiger partial charge is 0.493 e. The number of carbonyl (C=O) groups excluding carboxylic acids is 1. The van der Waals surface area contributed by atoms with Crippen LogP contribution in [-0.4, -0.2) is 13.0 Å². The molecule has 39 heavy (non-hydrogen) atoms. The molecule has 4 aromatic carbocycles. The maximum absolute atomic E-state index is 12.8. The second kappa shape index (κ2) is 13.0. The third-order valence-corrected chi connectivity index (χ3v) is 5.90. The Morgan fingerprint density at radius 1 is 0.821 bits per heavy atom. The molecule has 0 bridgehead atoms. The van der Waals surface area contributed by atoms with Gasteiger partial charge in [0.15, 0.2) is 11.5 Å². The molecule has 0 radical (unpaired) electrons. The van der Waals surface area contributed by atoms with Crippen molar-refractivity contribution in [2.75, 3.05) is 12.4 Å². The number of methoxy groups -OCH3 is 1. The fourth-order valence-electron chi connectivity index (χ4n) is 4.10. The average molecular weight is 519 g/mol. The Labute approximate surface area is 229 Å². The van der Waals surface area contributed by atoms with E-state index in [2.05, 4.69) is 37.4 Å². The summed E-state index contributed by atoms with van der Waals surface area (Å²) in [6.45, 7) is 4.96. The first-order chi connectivity index (χ1) is 18.9. The van der Waals surface area contributed by atoms with Crippen molar-refractivity contribution in [3.63, 3.8) is 0 Å². The predicted octanol–water partition coefficient (Wildman–Crippen LogP) is 7.02. The minimum Gasteiger partial charge on any atom is -0.493 e. The molecule has 1 N–H and O–H groups in total. The lowest BCUT2D eigenvalue weighted by Crippen LogP contribution is -2.13. The normalized spacial score (nSPS) is 10.9. The Bertz CT molecular complexity index is 1480. The fraction of sp³-hybridized carbons (Fsp3) is 0.152. The van der Waals surface area contributed by atoms with Gasteiger partial charge in [-0.3, -0.25) is 4.79 Å². The smallest absolute Gasteiger partial charge is 0.266 e. The lowest BCUT2D eigenvalue weighted by atomic mass is 10.1. The molecule has 6 heteroatoms. The molecule has 4 rings (SSSR count). The van der Waals surface area contributed by atoms with Gasteiger partial charge < -0.3 is 19.5 Å². The maximum atomic E-state index is 12.8. The number of nitrogens with zero attached hydrogens (tertiary/aromatic N) is 1. The Balaban J connectivity index is 1.39. The number of anilines is 1. The highest BCUT2D eigenvalue weighted by atomic mass is 16.5. The topological polar surface area (TPSA) is 80.6 Å². The molecule has 0 spiro atoms. The number of ether oxygens (including phenoxy) is 3. The average Bonchev–Trinajstić information content (AvgIpc) is 2.94. The van der Waals surface area contributed by atoms with E-state index >= 15 is 0 Å². The molecule has 0 heterocycles. The number of rotatable bonds is 10. The van der Waals surface area contributed by atoms with E-state index in [-0.39, 0.29) is 5.57 Å². The summed E-state index contributed by atoms with van der Waals surface area (Å²) in [5.74, 6) is 1.26. The van der Waals surface area contributed by atoms with Crippen LogP contribution >= 0.6 is 0 Å². The summed E-state index contributed by atoms with van der Waals surface area (Å²) >= 11 is 0. The number of hydrogen-bond donors (Lipinski definition) is 1. The van der Waals surface area contributed by atoms with Gasteiger partial charge in [0, 0.05) is 5.69 Å². The zero-order chi connectivity index (χ0) is 27.6. The summed E-state index contributed by atoms with van der Waals surface area (Å²) in [7, 11) is 1.55. The van der Waals surface area contributed by atoms with Gasteiger partial charge in [-0.25, -0.2) is 0 Å². The van der Waals surface area contributed by atoms with E-state index in [9.17, 15) is 10.1 Å². The van der Waals surface area contributed by atoms with Crippen LogP contribution in [0.3, 0.4) is 0 Å². The Kier molecular flexibility index (Phi) is 8.99. The van der Waals surface area contributed by atoms with Crippen LogP contribution in [0.1, 0.15) is 27.8 Å². The van der Waals surface area contributed by atoms with Crippen molar-refractivity contribution in [2.24, 2.45) is 0 Å². The summed E-state index contributed by atoms with van der Waals surface area (Å²) in [4.78, 5) is 12.8. The number of benzene rings is 4. The molecule has 0 aromatic heterocycles. The van der Waals surface area contributed by atoms with Gasteiger partial charge in [0.05, 0.1) is 7.11 Å². The number of amides is 1. The minimum atomic E-state index is -0.510. The van der Waals surface area contributed by atoms with E-state index in [1.165, 1.54) is 17.2 Å². The summed E-state index contributed by atoms with van der Waals surface area (Å²) in [6.07, 6.45) is 1.52. The molecule has 0 fully saturated rings. The molecule has 1 amide bonds. The first kappa shape index (κ1) is 27.0. The molecular formula is C33H30N2O4.